The molecule has 1 aliphatic rings. The van der Waals surface area contributed by atoms with Crippen LogP contribution in [0.15, 0.2) is 48.0 Å². The van der Waals surface area contributed by atoms with Crippen LogP contribution in [0.25, 0.3) is 5.76 Å². The van der Waals surface area contributed by atoms with E-state index in [1.165, 1.54) is 26.2 Å². The fourth-order valence-electron chi connectivity index (χ4n) is 3.12. The molecule has 1 amide bonds. The summed E-state index contributed by atoms with van der Waals surface area (Å²) < 4.78 is 10.4. The number of likely N-dealkylation sites (N-methyl/N-ethyl adjacent to an activating group) is 1. The van der Waals surface area contributed by atoms with Crippen LogP contribution >= 0.6 is 11.6 Å². The second kappa shape index (κ2) is 7.32. The van der Waals surface area contributed by atoms with Crippen LogP contribution in [-0.2, 0) is 9.59 Å². The third kappa shape index (κ3) is 3.24. The number of amides is 1. The predicted molar refractivity (Wildman–Crippen MR) is 101 cm³/mol. The number of hydrogen-bond acceptors (Lipinski definition) is 5. The van der Waals surface area contributed by atoms with Gasteiger partial charge in [0.2, 0.25) is 0 Å². The van der Waals surface area contributed by atoms with Crippen LogP contribution in [0.1, 0.15) is 17.2 Å². The molecule has 27 heavy (non-hydrogen) atoms. The highest BCUT2D eigenvalue weighted by molar-refractivity contribution is 6.46. The molecule has 1 saturated heterocycles. The first-order valence-electron chi connectivity index (χ1n) is 8.11. The zero-order valence-corrected chi connectivity index (χ0v) is 15.8. The van der Waals surface area contributed by atoms with E-state index in [0.29, 0.717) is 27.6 Å². The Morgan fingerprint density at radius 1 is 1.04 bits per heavy atom. The summed E-state index contributed by atoms with van der Waals surface area (Å²) >= 11 is 5.93. The Morgan fingerprint density at radius 3 is 2.26 bits per heavy atom. The van der Waals surface area contributed by atoms with Gasteiger partial charge in [-0.1, -0.05) is 23.7 Å². The van der Waals surface area contributed by atoms with Crippen molar-refractivity contribution in [3.05, 3.63) is 64.2 Å². The zero-order valence-electron chi connectivity index (χ0n) is 15.0. The monoisotopic (exact) mass is 387 g/mol. The number of halogens is 1. The topological polar surface area (TPSA) is 76.1 Å². The number of benzene rings is 2. The van der Waals surface area contributed by atoms with Gasteiger partial charge in [-0.05, 0) is 35.9 Å². The van der Waals surface area contributed by atoms with Gasteiger partial charge in [0.25, 0.3) is 11.7 Å². The second-order valence-corrected chi connectivity index (χ2v) is 6.47. The first kappa shape index (κ1) is 18.8. The Labute approximate surface area is 161 Å². The Hall–Kier alpha value is -2.99. The van der Waals surface area contributed by atoms with Crippen molar-refractivity contribution in [2.24, 2.45) is 0 Å². The minimum absolute atomic E-state index is 0.0112. The Morgan fingerprint density at radius 2 is 1.67 bits per heavy atom. The smallest absolute Gasteiger partial charge is 0.295 e. The number of aliphatic hydroxyl groups is 1. The molecule has 1 heterocycles. The maximum absolute atomic E-state index is 12.6. The summed E-state index contributed by atoms with van der Waals surface area (Å²) in [5.74, 6) is -0.824. The number of rotatable bonds is 4. The molecule has 6 nitrogen and oxygen atoms in total. The molecule has 2 aromatic carbocycles. The largest absolute Gasteiger partial charge is 0.507 e. The number of ketones is 1. The van der Waals surface area contributed by atoms with Gasteiger partial charge in [-0.2, -0.15) is 0 Å². The summed E-state index contributed by atoms with van der Waals surface area (Å²) in [6, 6.07) is 10.8. The van der Waals surface area contributed by atoms with Crippen molar-refractivity contribution in [2.45, 2.75) is 6.04 Å². The fraction of sp³-hybridized carbons (Fsp3) is 0.200. The van der Waals surface area contributed by atoms with E-state index in [1.807, 2.05) is 0 Å². The van der Waals surface area contributed by atoms with E-state index in [0.717, 1.165) is 0 Å². The van der Waals surface area contributed by atoms with E-state index in [4.69, 9.17) is 21.1 Å². The number of hydrogen-bond donors (Lipinski definition) is 1. The molecule has 0 bridgehead atoms. The molecule has 0 unspecified atom stereocenters. The molecule has 0 aliphatic carbocycles. The van der Waals surface area contributed by atoms with Gasteiger partial charge in [-0.3, -0.25) is 9.59 Å². The van der Waals surface area contributed by atoms with Crippen molar-refractivity contribution in [1.82, 2.24) is 4.90 Å². The number of carbonyl (C=O) groups is 2. The van der Waals surface area contributed by atoms with E-state index in [2.05, 4.69) is 0 Å². The number of aliphatic hydroxyl groups excluding tert-OH is 1. The van der Waals surface area contributed by atoms with Gasteiger partial charge in [0, 0.05) is 17.6 Å². The van der Waals surface area contributed by atoms with E-state index in [-0.39, 0.29) is 11.3 Å². The molecule has 1 aliphatic heterocycles. The van der Waals surface area contributed by atoms with Crippen molar-refractivity contribution in [3.63, 3.8) is 0 Å². The van der Waals surface area contributed by atoms with Crippen LogP contribution < -0.4 is 9.47 Å². The molecule has 0 aromatic heterocycles. The van der Waals surface area contributed by atoms with Crippen LogP contribution in [0.2, 0.25) is 5.02 Å². The lowest BCUT2D eigenvalue weighted by atomic mass is 9.95. The molecule has 1 atom stereocenters. The first-order valence-corrected chi connectivity index (χ1v) is 8.49. The second-order valence-electron chi connectivity index (χ2n) is 6.03. The quantitative estimate of drug-likeness (QED) is 0.494. The van der Waals surface area contributed by atoms with Crippen LogP contribution in [-0.4, -0.2) is 43.0 Å². The lowest BCUT2D eigenvalue weighted by Gasteiger charge is -2.21. The molecule has 3 rings (SSSR count). The van der Waals surface area contributed by atoms with Gasteiger partial charge in [-0.15, -0.1) is 0 Å². The van der Waals surface area contributed by atoms with E-state index in [1.54, 1.807) is 42.5 Å². The normalized spacial score (nSPS) is 18.7. The number of methoxy groups -OCH3 is 2. The van der Waals surface area contributed by atoms with Gasteiger partial charge >= 0.3 is 0 Å². The first-order chi connectivity index (χ1) is 12.9. The summed E-state index contributed by atoms with van der Waals surface area (Å²) in [5, 5.41) is 11.4. The van der Waals surface area contributed by atoms with Crippen LogP contribution in [0.4, 0.5) is 0 Å². The molecule has 140 valence electrons. The van der Waals surface area contributed by atoms with E-state index in [9.17, 15) is 14.7 Å². The van der Waals surface area contributed by atoms with Crippen molar-refractivity contribution < 1.29 is 24.2 Å². The number of likely N-dealkylation sites (tertiary alicyclic amines) is 1. The highest BCUT2D eigenvalue weighted by atomic mass is 35.5. The average molecular weight is 388 g/mol. The SMILES string of the molecule is COc1ccc(C(O)=C2C(=O)C(=O)N(C)[C@@H]2c2ccc(Cl)cc2)cc1OC. The number of Topliss-reactive ketones (excluding diaryl/α,β-unsaturated/α-hetero) is 1. The van der Waals surface area contributed by atoms with Gasteiger partial charge in [0.05, 0.1) is 25.8 Å². The lowest BCUT2D eigenvalue weighted by molar-refractivity contribution is -0.139. The lowest BCUT2D eigenvalue weighted by Crippen LogP contribution is -2.24. The molecule has 1 fully saturated rings. The summed E-state index contributed by atoms with van der Waals surface area (Å²) in [6.07, 6.45) is 0. The number of nitrogens with zero attached hydrogens (tertiary/aromatic N) is 1. The minimum atomic E-state index is -0.746. The van der Waals surface area contributed by atoms with Gasteiger partial charge in [0.15, 0.2) is 11.5 Å². The van der Waals surface area contributed by atoms with E-state index >= 15 is 0 Å². The number of carbonyl (C=O) groups excluding carboxylic acids is 2. The predicted octanol–water partition coefficient (Wildman–Crippen LogP) is 3.41. The Kier molecular flexibility index (Phi) is 5.10. The van der Waals surface area contributed by atoms with Crippen molar-refractivity contribution in [2.75, 3.05) is 21.3 Å². The molecule has 1 N–H and O–H groups in total. The molecular weight excluding hydrogens is 370 g/mol. The maximum Gasteiger partial charge on any atom is 0.295 e. The highest BCUT2D eigenvalue weighted by Gasteiger charge is 2.44. The standard InChI is InChI=1S/C20H18ClNO5/c1-22-17(11-4-7-13(21)8-5-11)16(19(24)20(22)25)18(23)12-6-9-14(26-2)15(10-12)27-3/h4-10,17,23H,1-3H3/t17-/m1/s1. The summed E-state index contributed by atoms with van der Waals surface area (Å²) in [4.78, 5) is 26.2. The molecule has 0 radical (unpaired) electrons. The van der Waals surface area contributed by atoms with Crippen LogP contribution in [0.5, 0.6) is 11.5 Å². The summed E-state index contributed by atoms with van der Waals surface area (Å²) in [6.45, 7) is 0. The summed E-state index contributed by atoms with van der Waals surface area (Å²) in [5.41, 5.74) is 1.03. The third-order valence-electron chi connectivity index (χ3n) is 4.52. The fourth-order valence-corrected chi connectivity index (χ4v) is 3.25. The summed E-state index contributed by atoms with van der Waals surface area (Å²) in [7, 11) is 4.50. The molecule has 0 spiro atoms. The number of ether oxygens (including phenoxy) is 2. The van der Waals surface area contributed by atoms with E-state index < -0.39 is 17.7 Å². The maximum atomic E-state index is 12.6. The zero-order chi connectivity index (χ0) is 19.7. The van der Waals surface area contributed by atoms with Gasteiger partial charge in [-0.25, -0.2) is 0 Å². The van der Waals surface area contributed by atoms with Crippen molar-refractivity contribution in [3.8, 4) is 11.5 Å². The molecule has 7 heteroatoms. The Balaban J connectivity index is 2.16. The van der Waals surface area contributed by atoms with Gasteiger partial charge in [0.1, 0.15) is 5.76 Å². The van der Waals surface area contributed by atoms with Gasteiger partial charge < -0.3 is 19.5 Å². The van der Waals surface area contributed by atoms with Crippen molar-refractivity contribution in [1.29, 1.82) is 0 Å². The van der Waals surface area contributed by atoms with Crippen molar-refractivity contribution >= 4 is 29.1 Å². The third-order valence-corrected chi connectivity index (χ3v) is 4.77. The van der Waals surface area contributed by atoms with Crippen LogP contribution in [0, 0.1) is 0 Å². The van der Waals surface area contributed by atoms with Crippen LogP contribution in [0.3, 0.4) is 0 Å². The molecular formula is C20H18ClNO5. The highest BCUT2D eigenvalue weighted by Crippen LogP contribution is 2.39. The molecule has 0 saturated carbocycles. The average Bonchev–Trinajstić information content (AvgIpc) is 2.91. The minimum Gasteiger partial charge on any atom is -0.507 e. The Bertz CT molecular complexity index is 936. The molecule has 2 aromatic rings.